The lowest BCUT2D eigenvalue weighted by atomic mass is 10.4. The van der Waals surface area contributed by atoms with Crippen LogP contribution < -0.4 is 0 Å². The van der Waals surface area contributed by atoms with E-state index in [1.54, 1.807) is 0 Å². The summed E-state index contributed by atoms with van der Waals surface area (Å²) in [7, 11) is 0. The Kier molecular flexibility index (Phi) is 7.45. The maximum absolute atomic E-state index is 8.69. The van der Waals surface area contributed by atoms with E-state index >= 15 is 0 Å². The Bertz CT molecular complexity index is 96.5. The standard InChI is InChI=1S/C9H21NO2/c1-4-10(5-7-11)6-8-12-9(2)3/h9,11H,4-8H2,1-3H3. The van der Waals surface area contributed by atoms with Gasteiger partial charge in [0, 0.05) is 13.1 Å². The number of rotatable bonds is 7. The molecule has 0 aliphatic rings. The molecule has 0 aromatic carbocycles. The van der Waals surface area contributed by atoms with Crippen molar-refractivity contribution in [2.45, 2.75) is 26.9 Å². The van der Waals surface area contributed by atoms with Crippen molar-refractivity contribution in [3.05, 3.63) is 0 Å². The molecular weight excluding hydrogens is 154 g/mol. The first kappa shape index (κ1) is 11.9. The van der Waals surface area contributed by atoms with E-state index in [4.69, 9.17) is 9.84 Å². The van der Waals surface area contributed by atoms with Gasteiger partial charge in [0.2, 0.25) is 0 Å². The van der Waals surface area contributed by atoms with Gasteiger partial charge in [0.1, 0.15) is 0 Å². The molecule has 0 bridgehead atoms. The number of ether oxygens (including phenoxy) is 1. The third kappa shape index (κ3) is 6.58. The molecule has 0 amide bonds. The average Bonchev–Trinajstić information content (AvgIpc) is 2.02. The monoisotopic (exact) mass is 175 g/mol. The molecule has 0 spiro atoms. The van der Waals surface area contributed by atoms with Crippen LogP contribution >= 0.6 is 0 Å². The highest BCUT2D eigenvalue weighted by Crippen LogP contribution is 1.90. The summed E-state index contributed by atoms with van der Waals surface area (Å²) >= 11 is 0. The molecule has 0 aliphatic heterocycles. The second kappa shape index (κ2) is 7.53. The summed E-state index contributed by atoms with van der Waals surface area (Å²) in [4.78, 5) is 2.17. The third-order valence-electron chi connectivity index (χ3n) is 1.72. The minimum absolute atomic E-state index is 0.232. The molecule has 3 heteroatoms. The summed E-state index contributed by atoms with van der Waals surface area (Å²) in [6.45, 7) is 9.77. The molecule has 74 valence electrons. The molecule has 0 radical (unpaired) electrons. The molecular formula is C9H21NO2. The molecule has 0 saturated carbocycles. The fourth-order valence-corrected chi connectivity index (χ4v) is 0.987. The topological polar surface area (TPSA) is 32.7 Å². The van der Waals surface area contributed by atoms with Crippen LogP contribution in [0, 0.1) is 0 Å². The molecule has 0 fully saturated rings. The van der Waals surface area contributed by atoms with Gasteiger partial charge in [0.15, 0.2) is 0 Å². The van der Waals surface area contributed by atoms with Crippen molar-refractivity contribution in [1.29, 1.82) is 0 Å². The van der Waals surface area contributed by atoms with Crippen molar-refractivity contribution in [2.75, 3.05) is 32.8 Å². The van der Waals surface area contributed by atoms with Crippen LogP contribution in [0.5, 0.6) is 0 Å². The zero-order chi connectivity index (χ0) is 9.40. The van der Waals surface area contributed by atoms with Crippen molar-refractivity contribution in [2.24, 2.45) is 0 Å². The van der Waals surface area contributed by atoms with Crippen LogP contribution in [0.25, 0.3) is 0 Å². The van der Waals surface area contributed by atoms with Crippen LogP contribution in [0.4, 0.5) is 0 Å². The summed E-state index contributed by atoms with van der Waals surface area (Å²) in [5.41, 5.74) is 0. The van der Waals surface area contributed by atoms with E-state index in [1.165, 1.54) is 0 Å². The Morgan fingerprint density at radius 1 is 1.33 bits per heavy atom. The lowest BCUT2D eigenvalue weighted by Crippen LogP contribution is -2.30. The first-order valence-electron chi connectivity index (χ1n) is 4.65. The number of aliphatic hydroxyl groups is 1. The van der Waals surface area contributed by atoms with Crippen LogP contribution in [0.1, 0.15) is 20.8 Å². The van der Waals surface area contributed by atoms with Gasteiger partial charge in [-0.15, -0.1) is 0 Å². The molecule has 0 aliphatic carbocycles. The highest BCUT2D eigenvalue weighted by molar-refractivity contribution is 4.53. The number of likely N-dealkylation sites (N-methyl/N-ethyl adjacent to an activating group) is 1. The van der Waals surface area contributed by atoms with E-state index in [-0.39, 0.29) is 6.61 Å². The van der Waals surface area contributed by atoms with E-state index in [1.807, 2.05) is 13.8 Å². The summed E-state index contributed by atoms with van der Waals surface area (Å²) in [5.74, 6) is 0. The van der Waals surface area contributed by atoms with E-state index in [2.05, 4.69) is 11.8 Å². The normalized spacial score (nSPS) is 11.5. The van der Waals surface area contributed by atoms with Gasteiger partial charge in [-0.05, 0) is 20.4 Å². The lowest BCUT2D eigenvalue weighted by molar-refractivity contribution is 0.0565. The second-order valence-corrected chi connectivity index (χ2v) is 3.08. The smallest absolute Gasteiger partial charge is 0.0596 e. The zero-order valence-corrected chi connectivity index (χ0v) is 8.42. The highest BCUT2D eigenvalue weighted by atomic mass is 16.5. The number of hydrogen-bond acceptors (Lipinski definition) is 3. The number of nitrogens with zero attached hydrogens (tertiary/aromatic N) is 1. The van der Waals surface area contributed by atoms with E-state index in [0.717, 1.165) is 26.2 Å². The minimum Gasteiger partial charge on any atom is -0.395 e. The van der Waals surface area contributed by atoms with E-state index < -0.39 is 0 Å². The molecule has 0 unspecified atom stereocenters. The van der Waals surface area contributed by atoms with Gasteiger partial charge in [-0.3, -0.25) is 4.90 Å². The number of hydrogen-bond donors (Lipinski definition) is 1. The van der Waals surface area contributed by atoms with Gasteiger partial charge in [-0.1, -0.05) is 6.92 Å². The predicted octanol–water partition coefficient (Wildman–Crippen LogP) is 0.726. The van der Waals surface area contributed by atoms with Crippen LogP contribution in [-0.4, -0.2) is 49.0 Å². The maximum atomic E-state index is 8.69. The van der Waals surface area contributed by atoms with Crippen LogP contribution in [-0.2, 0) is 4.74 Å². The first-order chi connectivity index (χ1) is 5.70. The van der Waals surface area contributed by atoms with Gasteiger partial charge >= 0.3 is 0 Å². The summed E-state index contributed by atoms with van der Waals surface area (Å²) in [5, 5.41) is 8.69. The molecule has 0 atom stereocenters. The van der Waals surface area contributed by atoms with Gasteiger partial charge in [-0.2, -0.15) is 0 Å². The summed E-state index contributed by atoms with van der Waals surface area (Å²) in [6.07, 6.45) is 0.304. The molecule has 1 N–H and O–H groups in total. The van der Waals surface area contributed by atoms with E-state index in [9.17, 15) is 0 Å². The summed E-state index contributed by atoms with van der Waals surface area (Å²) < 4.78 is 5.40. The van der Waals surface area contributed by atoms with Crippen molar-refractivity contribution in [3.63, 3.8) is 0 Å². The van der Waals surface area contributed by atoms with Crippen molar-refractivity contribution in [3.8, 4) is 0 Å². The van der Waals surface area contributed by atoms with Gasteiger partial charge < -0.3 is 9.84 Å². The Balaban J connectivity index is 3.31. The highest BCUT2D eigenvalue weighted by Gasteiger charge is 2.01. The Morgan fingerprint density at radius 3 is 2.42 bits per heavy atom. The molecule has 0 aromatic heterocycles. The van der Waals surface area contributed by atoms with Crippen molar-refractivity contribution >= 4 is 0 Å². The number of aliphatic hydroxyl groups excluding tert-OH is 1. The van der Waals surface area contributed by atoms with Gasteiger partial charge in [-0.25, -0.2) is 0 Å². The third-order valence-corrected chi connectivity index (χ3v) is 1.72. The summed E-state index contributed by atoms with van der Waals surface area (Å²) in [6, 6.07) is 0. The largest absolute Gasteiger partial charge is 0.395 e. The van der Waals surface area contributed by atoms with Crippen LogP contribution in [0.2, 0.25) is 0 Å². The molecule has 0 aromatic rings. The molecule has 0 heterocycles. The van der Waals surface area contributed by atoms with Gasteiger partial charge in [0.05, 0.1) is 19.3 Å². The Labute approximate surface area is 75.3 Å². The van der Waals surface area contributed by atoms with Crippen molar-refractivity contribution in [1.82, 2.24) is 4.90 Å². The first-order valence-corrected chi connectivity index (χ1v) is 4.65. The predicted molar refractivity (Wildman–Crippen MR) is 50.3 cm³/mol. The minimum atomic E-state index is 0.232. The second-order valence-electron chi connectivity index (χ2n) is 3.08. The zero-order valence-electron chi connectivity index (χ0n) is 8.42. The maximum Gasteiger partial charge on any atom is 0.0596 e. The van der Waals surface area contributed by atoms with Gasteiger partial charge in [0.25, 0.3) is 0 Å². The average molecular weight is 175 g/mol. The van der Waals surface area contributed by atoms with E-state index in [0.29, 0.717) is 6.10 Å². The van der Waals surface area contributed by atoms with Crippen LogP contribution in [0.15, 0.2) is 0 Å². The Morgan fingerprint density at radius 2 is 2.00 bits per heavy atom. The molecule has 3 nitrogen and oxygen atoms in total. The lowest BCUT2D eigenvalue weighted by Gasteiger charge is -2.19. The molecule has 0 rings (SSSR count). The Hall–Kier alpha value is -0.120. The molecule has 12 heavy (non-hydrogen) atoms. The fourth-order valence-electron chi connectivity index (χ4n) is 0.987. The quantitative estimate of drug-likeness (QED) is 0.619. The SMILES string of the molecule is CCN(CCO)CCOC(C)C. The van der Waals surface area contributed by atoms with Crippen LogP contribution in [0.3, 0.4) is 0 Å². The molecule has 0 saturated heterocycles. The van der Waals surface area contributed by atoms with Crippen molar-refractivity contribution < 1.29 is 9.84 Å². The fraction of sp³-hybridized carbons (Fsp3) is 1.00.